The molecule has 9 heteroatoms. The van der Waals surface area contributed by atoms with E-state index in [4.69, 9.17) is 4.74 Å². The van der Waals surface area contributed by atoms with Crippen LogP contribution in [0.25, 0.3) is 0 Å². The van der Waals surface area contributed by atoms with Crippen LogP contribution in [0.2, 0.25) is 0 Å². The summed E-state index contributed by atoms with van der Waals surface area (Å²) in [5.74, 6) is -2.33. The first kappa shape index (κ1) is 23.7. The minimum absolute atomic E-state index is 0.00172. The van der Waals surface area contributed by atoms with Gasteiger partial charge in [0.2, 0.25) is 11.8 Å². The van der Waals surface area contributed by atoms with Gasteiger partial charge in [-0.2, -0.15) is 12.6 Å². The highest BCUT2D eigenvalue weighted by Crippen LogP contribution is 2.13. The number of halogens is 1. The van der Waals surface area contributed by atoms with E-state index in [0.29, 0.717) is 5.75 Å². The van der Waals surface area contributed by atoms with Gasteiger partial charge in [-0.15, -0.1) is 0 Å². The molecule has 2 atom stereocenters. The fourth-order valence-corrected chi connectivity index (χ4v) is 2.23. The third kappa shape index (κ3) is 7.38. The van der Waals surface area contributed by atoms with E-state index in [2.05, 4.69) is 23.3 Å². The zero-order chi connectivity index (χ0) is 21.5. The van der Waals surface area contributed by atoms with E-state index in [1.807, 2.05) is 13.8 Å². The quantitative estimate of drug-likeness (QED) is 0.439. The number of rotatable bonds is 10. The summed E-state index contributed by atoms with van der Waals surface area (Å²) in [6.07, 6.45) is -0.0103. The third-order valence-corrected chi connectivity index (χ3v) is 4.83. The Bertz CT molecular complexity index is 694. The SMILES string of the molecule is CC(C)C(S)C(=O)NC(C)(C)C(=O)NC(CCOc1ccc(F)cc1)C(=O)O. The van der Waals surface area contributed by atoms with Gasteiger partial charge in [-0.3, -0.25) is 9.59 Å². The van der Waals surface area contributed by atoms with Gasteiger partial charge < -0.3 is 20.5 Å². The molecule has 0 aliphatic heterocycles. The molecule has 1 aromatic rings. The molecule has 156 valence electrons. The van der Waals surface area contributed by atoms with Gasteiger partial charge in [0, 0.05) is 6.42 Å². The lowest BCUT2D eigenvalue weighted by Crippen LogP contribution is -2.59. The smallest absolute Gasteiger partial charge is 0.326 e. The molecule has 3 N–H and O–H groups in total. The lowest BCUT2D eigenvalue weighted by molar-refractivity contribution is -0.143. The van der Waals surface area contributed by atoms with Crippen molar-refractivity contribution < 1.29 is 28.6 Å². The van der Waals surface area contributed by atoms with Gasteiger partial charge in [0.05, 0.1) is 11.9 Å². The molecular weight excluding hydrogens is 387 g/mol. The summed E-state index contributed by atoms with van der Waals surface area (Å²) >= 11 is 4.21. The number of thiol groups is 1. The Labute approximate surface area is 169 Å². The van der Waals surface area contributed by atoms with Crippen LogP contribution in [0.15, 0.2) is 24.3 Å². The molecule has 0 heterocycles. The van der Waals surface area contributed by atoms with Crippen molar-refractivity contribution in [1.82, 2.24) is 10.6 Å². The monoisotopic (exact) mass is 414 g/mol. The van der Waals surface area contributed by atoms with Crippen LogP contribution in [0.1, 0.15) is 34.1 Å². The van der Waals surface area contributed by atoms with Crippen molar-refractivity contribution in [2.45, 2.75) is 50.9 Å². The van der Waals surface area contributed by atoms with E-state index in [0.717, 1.165) is 0 Å². The fourth-order valence-electron chi connectivity index (χ4n) is 2.16. The maximum Gasteiger partial charge on any atom is 0.326 e. The number of hydrogen-bond acceptors (Lipinski definition) is 5. The molecule has 0 saturated carbocycles. The molecule has 0 saturated heterocycles. The molecule has 0 aliphatic carbocycles. The Morgan fingerprint density at radius 3 is 2.29 bits per heavy atom. The number of carboxylic acid groups (broad SMARTS) is 1. The molecule has 0 bridgehead atoms. The van der Waals surface area contributed by atoms with E-state index >= 15 is 0 Å². The van der Waals surface area contributed by atoms with Crippen molar-refractivity contribution in [1.29, 1.82) is 0 Å². The Hall–Kier alpha value is -2.29. The summed E-state index contributed by atoms with van der Waals surface area (Å²) in [5.41, 5.74) is -1.32. The molecule has 0 radical (unpaired) electrons. The number of carbonyl (C=O) groups excluding carboxylic acids is 2. The van der Waals surface area contributed by atoms with Crippen molar-refractivity contribution in [2.75, 3.05) is 6.61 Å². The van der Waals surface area contributed by atoms with E-state index in [1.54, 1.807) is 0 Å². The zero-order valence-corrected chi connectivity index (χ0v) is 17.3. The molecule has 1 aromatic carbocycles. The average Bonchev–Trinajstić information content (AvgIpc) is 2.60. The van der Waals surface area contributed by atoms with Gasteiger partial charge in [-0.1, -0.05) is 13.8 Å². The minimum atomic E-state index is -1.32. The largest absolute Gasteiger partial charge is 0.493 e. The molecule has 0 aromatic heterocycles. The van der Waals surface area contributed by atoms with E-state index in [-0.39, 0.29) is 18.9 Å². The molecule has 2 unspecified atom stereocenters. The molecule has 0 fully saturated rings. The summed E-state index contributed by atoms with van der Waals surface area (Å²) < 4.78 is 18.2. The number of nitrogens with one attached hydrogen (secondary N) is 2. The minimum Gasteiger partial charge on any atom is -0.493 e. The number of ether oxygens (including phenoxy) is 1. The summed E-state index contributed by atoms with van der Waals surface area (Å²) in [4.78, 5) is 36.1. The number of benzene rings is 1. The molecule has 7 nitrogen and oxygen atoms in total. The first-order valence-corrected chi connectivity index (χ1v) is 9.38. The fraction of sp³-hybridized carbons (Fsp3) is 0.526. The highest BCUT2D eigenvalue weighted by Gasteiger charge is 2.34. The maximum absolute atomic E-state index is 12.9. The Kier molecular flexibility index (Phi) is 8.74. The third-order valence-electron chi connectivity index (χ3n) is 4.00. The van der Waals surface area contributed by atoms with E-state index in [1.165, 1.54) is 38.1 Å². The van der Waals surface area contributed by atoms with Crippen molar-refractivity contribution >= 4 is 30.4 Å². The molecule has 28 heavy (non-hydrogen) atoms. The van der Waals surface area contributed by atoms with Crippen LogP contribution in [0.4, 0.5) is 4.39 Å². The van der Waals surface area contributed by atoms with Gasteiger partial charge in [0.25, 0.3) is 0 Å². The number of carboxylic acids is 1. The molecule has 1 rings (SSSR count). The van der Waals surface area contributed by atoms with Crippen molar-refractivity contribution in [2.24, 2.45) is 5.92 Å². The van der Waals surface area contributed by atoms with Crippen LogP contribution in [0, 0.1) is 11.7 Å². The Morgan fingerprint density at radius 2 is 1.79 bits per heavy atom. The predicted molar refractivity (Wildman–Crippen MR) is 106 cm³/mol. The average molecular weight is 414 g/mol. The summed E-state index contributed by atoms with van der Waals surface area (Å²) in [6, 6.07) is 4.09. The second kappa shape index (κ2) is 10.3. The lowest BCUT2D eigenvalue weighted by Gasteiger charge is -2.29. The normalized spacial score (nSPS) is 13.5. The van der Waals surface area contributed by atoms with Gasteiger partial charge in [-0.05, 0) is 44.0 Å². The van der Waals surface area contributed by atoms with Gasteiger partial charge in [0.15, 0.2) is 0 Å². The molecule has 0 aliphatic rings. The maximum atomic E-state index is 12.9. The van der Waals surface area contributed by atoms with Gasteiger partial charge in [0.1, 0.15) is 23.1 Å². The van der Waals surface area contributed by atoms with E-state index in [9.17, 15) is 23.9 Å². The van der Waals surface area contributed by atoms with Crippen molar-refractivity contribution in [3.8, 4) is 5.75 Å². The van der Waals surface area contributed by atoms with Crippen LogP contribution in [-0.2, 0) is 14.4 Å². The highest BCUT2D eigenvalue weighted by molar-refractivity contribution is 7.81. The topological polar surface area (TPSA) is 105 Å². The molecule has 0 spiro atoms. The second-order valence-corrected chi connectivity index (χ2v) is 7.81. The number of hydrogen-bond donors (Lipinski definition) is 4. The zero-order valence-electron chi connectivity index (χ0n) is 16.4. The van der Waals surface area contributed by atoms with Crippen LogP contribution in [-0.4, -0.2) is 46.3 Å². The van der Waals surface area contributed by atoms with E-state index < -0.39 is 40.4 Å². The summed E-state index contributed by atoms with van der Waals surface area (Å²) in [7, 11) is 0. The standard InChI is InChI=1S/C19H27FN2O5S/c1-11(2)15(28)16(23)22-19(3,4)18(26)21-14(17(24)25)9-10-27-13-7-5-12(20)6-8-13/h5-8,11,14-15,28H,9-10H2,1-4H3,(H,21,26)(H,22,23)(H,24,25). The Balaban J connectivity index is 2.63. The summed E-state index contributed by atoms with van der Waals surface area (Å²) in [5, 5.41) is 13.7. The number of aliphatic carboxylic acids is 1. The van der Waals surface area contributed by atoms with Crippen molar-refractivity contribution in [3.05, 3.63) is 30.1 Å². The first-order valence-electron chi connectivity index (χ1n) is 8.86. The predicted octanol–water partition coefficient (Wildman–Crippen LogP) is 2.01. The molecular formula is C19H27FN2O5S. The number of amides is 2. The first-order chi connectivity index (χ1) is 12.9. The van der Waals surface area contributed by atoms with Crippen LogP contribution < -0.4 is 15.4 Å². The Morgan fingerprint density at radius 1 is 1.21 bits per heavy atom. The van der Waals surface area contributed by atoms with Gasteiger partial charge >= 0.3 is 5.97 Å². The van der Waals surface area contributed by atoms with Crippen LogP contribution in [0.3, 0.4) is 0 Å². The van der Waals surface area contributed by atoms with Crippen LogP contribution >= 0.6 is 12.6 Å². The van der Waals surface area contributed by atoms with Gasteiger partial charge in [-0.25, -0.2) is 9.18 Å². The number of carbonyl (C=O) groups is 3. The second-order valence-electron chi connectivity index (χ2n) is 7.26. The molecule has 2 amide bonds. The van der Waals surface area contributed by atoms with Crippen molar-refractivity contribution in [3.63, 3.8) is 0 Å². The van der Waals surface area contributed by atoms with Crippen LogP contribution in [0.5, 0.6) is 5.75 Å². The highest BCUT2D eigenvalue weighted by atomic mass is 32.1. The summed E-state index contributed by atoms with van der Waals surface area (Å²) in [6.45, 7) is 6.61. The lowest BCUT2D eigenvalue weighted by atomic mass is 10.0.